The van der Waals surface area contributed by atoms with Crippen LogP contribution >= 0.6 is 0 Å². The molecule has 9 nitrogen and oxygen atoms in total. The van der Waals surface area contributed by atoms with E-state index in [1.54, 1.807) is 0 Å². The van der Waals surface area contributed by atoms with E-state index in [2.05, 4.69) is 19.4 Å². The number of nitrogens with zero attached hydrogens (tertiary/aromatic N) is 5. The average Bonchev–Trinajstić information content (AvgIpc) is 3.37. The molecule has 0 aromatic carbocycles. The number of aromatic nitrogens is 3. The molecule has 32 heavy (non-hydrogen) atoms. The number of rotatable bonds is 3. The molecule has 9 heteroatoms. The van der Waals surface area contributed by atoms with Crippen molar-refractivity contribution in [2.75, 3.05) is 31.9 Å². The van der Waals surface area contributed by atoms with Gasteiger partial charge in [0, 0.05) is 37.9 Å². The van der Waals surface area contributed by atoms with E-state index in [0.717, 1.165) is 62.9 Å². The fraction of sp³-hybridized carbons (Fsp3) is 0.696. The summed E-state index contributed by atoms with van der Waals surface area (Å²) in [5.41, 5.74) is 6.57. The van der Waals surface area contributed by atoms with Gasteiger partial charge in [0.05, 0.1) is 11.5 Å². The van der Waals surface area contributed by atoms with E-state index < -0.39 is 5.60 Å². The van der Waals surface area contributed by atoms with Crippen LogP contribution in [0.1, 0.15) is 59.1 Å². The zero-order chi connectivity index (χ0) is 22.5. The van der Waals surface area contributed by atoms with Gasteiger partial charge in [-0.15, -0.1) is 0 Å². The first-order valence-electron chi connectivity index (χ1n) is 11.7. The summed E-state index contributed by atoms with van der Waals surface area (Å²) in [6.07, 6.45) is 8.70. The SMILES string of the molecule is CC(C)(C)OC(=O)N1CCC2(CC1)CCN2C[C@@H]1CC[C@H](n2ccc3c(N)ncnc32)O1. The van der Waals surface area contributed by atoms with Crippen LogP contribution in [0, 0.1) is 0 Å². The number of nitrogens with two attached hydrogens (primary N) is 1. The van der Waals surface area contributed by atoms with E-state index in [4.69, 9.17) is 15.2 Å². The van der Waals surface area contributed by atoms with Gasteiger partial charge in [0.1, 0.15) is 29.6 Å². The average molecular weight is 443 g/mol. The van der Waals surface area contributed by atoms with Crippen LogP contribution in [0.3, 0.4) is 0 Å². The van der Waals surface area contributed by atoms with Crippen molar-refractivity contribution < 1.29 is 14.3 Å². The van der Waals surface area contributed by atoms with Gasteiger partial charge in [-0.05, 0) is 58.9 Å². The van der Waals surface area contributed by atoms with Crippen molar-refractivity contribution in [3.8, 4) is 0 Å². The van der Waals surface area contributed by atoms with E-state index in [9.17, 15) is 4.79 Å². The van der Waals surface area contributed by atoms with Crippen LogP contribution in [0.15, 0.2) is 18.6 Å². The van der Waals surface area contributed by atoms with E-state index >= 15 is 0 Å². The van der Waals surface area contributed by atoms with Gasteiger partial charge in [0.25, 0.3) is 0 Å². The number of hydrogen-bond acceptors (Lipinski definition) is 7. The normalized spacial score (nSPS) is 25.9. The van der Waals surface area contributed by atoms with Crippen molar-refractivity contribution >= 4 is 22.9 Å². The van der Waals surface area contributed by atoms with Gasteiger partial charge in [-0.1, -0.05) is 0 Å². The molecular weight excluding hydrogens is 408 g/mol. The number of hydrogen-bond donors (Lipinski definition) is 1. The van der Waals surface area contributed by atoms with Gasteiger partial charge in [-0.3, -0.25) is 4.90 Å². The highest BCUT2D eigenvalue weighted by atomic mass is 16.6. The first-order valence-corrected chi connectivity index (χ1v) is 11.7. The van der Waals surface area contributed by atoms with Crippen LogP contribution in [0.25, 0.3) is 11.0 Å². The van der Waals surface area contributed by atoms with Gasteiger partial charge in [-0.2, -0.15) is 0 Å². The second-order valence-electron chi connectivity index (χ2n) is 10.4. The van der Waals surface area contributed by atoms with Gasteiger partial charge in [-0.25, -0.2) is 14.8 Å². The first-order chi connectivity index (χ1) is 15.2. The minimum Gasteiger partial charge on any atom is -0.444 e. The van der Waals surface area contributed by atoms with E-state index in [1.807, 2.05) is 37.9 Å². The molecule has 5 heterocycles. The van der Waals surface area contributed by atoms with Crippen LogP contribution in [-0.4, -0.2) is 73.9 Å². The highest BCUT2D eigenvalue weighted by molar-refractivity contribution is 5.86. The number of piperidine rings is 1. The Balaban J connectivity index is 1.17. The maximum atomic E-state index is 12.4. The van der Waals surface area contributed by atoms with E-state index in [1.165, 1.54) is 12.7 Å². The maximum absolute atomic E-state index is 12.4. The van der Waals surface area contributed by atoms with Crippen LogP contribution in [0.4, 0.5) is 10.6 Å². The fourth-order valence-corrected chi connectivity index (χ4v) is 5.36. The minimum absolute atomic E-state index is 0.0157. The number of ether oxygens (including phenoxy) is 2. The molecule has 3 aliphatic rings. The van der Waals surface area contributed by atoms with Crippen molar-refractivity contribution in [3.63, 3.8) is 0 Å². The minimum atomic E-state index is -0.451. The summed E-state index contributed by atoms with van der Waals surface area (Å²) in [7, 11) is 0. The van der Waals surface area contributed by atoms with Crippen molar-refractivity contribution in [1.82, 2.24) is 24.3 Å². The van der Waals surface area contributed by atoms with Gasteiger partial charge in [0.2, 0.25) is 0 Å². The third-order valence-corrected chi connectivity index (χ3v) is 7.22. The van der Waals surface area contributed by atoms with Crippen molar-refractivity contribution in [3.05, 3.63) is 18.6 Å². The molecule has 2 atom stereocenters. The molecule has 3 fully saturated rings. The lowest BCUT2D eigenvalue weighted by Gasteiger charge is -2.57. The van der Waals surface area contributed by atoms with Gasteiger partial charge < -0.3 is 24.7 Å². The summed E-state index contributed by atoms with van der Waals surface area (Å²) >= 11 is 0. The summed E-state index contributed by atoms with van der Waals surface area (Å²) in [4.78, 5) is 25.3. The quantitative estimate of drug-likeness (QED) is 0.779. The lowest BCUT2D eigenvalue weighted by molar-refractivity contribution is -0.0944. The van der Waals surface area contributed by atoms with E-state index in [0.29, 0.717) is 5.82 Å². The summed E-state index contributed by atoms with van der Waals surface area (Å²) < 4.78 is 14.1. The Bertz CT molecular complexity index is 991. The first kappa shape index (κ1) is 21.5. The van der Waals surface area contributed by atoms with Crippen LogP contribution in [-0.2, 0) is 9.47 Å². The molecule has 3 saturated heterocycles. The molecule has 174 valence electrons. The molecule has 0 bridgehead atoms. The summed E-state index contributed by atoms with van der Waals surface area (Å²) in [6, 6.07) is 1.96. The highest BCUT2D eigenvalue weighted by Gasteiger charge is 2.48. The third kappa shape index (κ3) is 3.92. The molecule has 0 saturated carbocycles. The lowest BCUT2D eigenvalue weighted by Crippen LogP contribution is -2.65. The molecule has 0 radical (unpaired) electrons. The Morgan fingerprint density at radius 2 is 1.97 bits per heavy atom. The number of nitrogen functional groups attached to an aromatic ring is 1. The number of anilines is 1. The van der Waals surface area contributed by atoms with Gasteiger partial charge >= 0.3 is 6.09 Å². The molecule has 0 aliphatic carbocycles. The molecule has 2 N–H and O–H groups in total. The summed E-state index contributed by atoms with van der Waals surface area (Å²) in [5, 5.41) is 0.873. The highest BCUT2D eigenvalue weighted by Crippen LogP contribution is 2.42. The maximum Gasteiger partial charge on any atom is 0.410 e. The monoisotopic (exact) mass is 442 g/mol. The predicted molar refractivity (Wildman–Crippen MR) is 121 cm³/mol. The molecule has 0 unspecified atom stereocenters. The molecule has 1 amide bonds. The Kier molecular flexibility index (Phi) is 5.28. The standard InChI is InChI=1S/C23H34N6O3/c1-22(2,3)32-21(30)27-11-7-23(8-12-27)9-13-28(23)14-16-4-5-18(31-16)29-10-6-17-19(24)25-15-26-20(17)29/h6,10,15-16,18H,4-5,7-9,11-14H2,1-3H3,(H2,24,25,26)/t16-,18+/m0/s1. The van der Waals surface area contributed by atoms with Crippen molar-refractivity contribution in [2.45, 2.75) is 76.3 Å². The van der Waals surface area contributed by atoms with Gasteiger partial charge in [0.15, 0.2) is 0 Å². The smallest absolute Gasteiger partial charge is 0.410 e. The number of fused-ring (bicyclic) bond motifs is 1. The fourth-order valence-electron chi connectivity index (χ4n) is 5.36. The Morgan fingerprint density at radius 3 is 2.66 bits per heavy atom. The lowest BCUT2D eigenvalue weighted by atomic mass is 9.76. The van der Waals surface area contributed by atoms with Crippen molar-refractivity contribution in [1.29, 1.82) is 0 Å². The van der Waals surface area contributed by atoms with Crippen LogP contribution in [0.5, 0.6) is 0 Å². The molecular formula is C23H34N6O3. The third-order valence-electron chi connectivity index (χ3n) is 7.22. The predicted octanol–water partition coefficient (Wildman–Crippen LogP) is 3.17. The molecule has 3 aliphatic heterocycles. The second-order valence-corrected chi connectivity index (χ2v) is 10.4. The Hall–Kier alpha value is -2.39. The molecule has 2 aromatic rings. The number of likely N-dealkylation sites (tertiary alicyclic amines) is 2. The number of carbonyl (C=O) groups excluding carboxylic acids is 1. The molecule has 2 aromatic heterocycles. The number of amides is 1. The topological polar surface area (TPSA) is 98.7 Å². The molecule has 1 spiro atoms. The summed E-state index contributed by atoms with van der Waals surface area (Å²) in [5.74, 6) is 0.503. The zero-order valence-corrected chi connectivity index (χ0v) is 19.3. The molecule has 5 rings (SSSR count). The van der Waals surface area contributed by atoms with Crippen molar-refractivity contribution in [2.24, 2.45) is 0 Å². The Labute approximate surface area is 188 Å². The Morgan fingerprint density at radius 1 is 1.22 bits per heavy atom. The second kappa shape index (κ2) is 7.88. The van der Waals surface area contributed by atoms with E-state index in [-0.39, 0.29) is 24.0 Å². The zero-order valence-electron chi connectivity index (χ0n) is 19.3. The van der Waals surface area contributed by atoms with Crippen LogP contribution in [0.2, 0.25) is 0 Å². The summed E-state index contributed by atoms with van der Waals surface area (Å²) in [6.45, 7) is 9.31. The largest absolute Gasteiger partial charge is 0.444 e. The van der Waals surface area contributed by atoms with Crippen LogP contribution < -0.4 is 5.73 Å². The number of carbonyl (C=O) groups is 1.